The van der Waals surface area contributed by atoms with Gasteiger partial charge in [0.25, 0.3) is 5.91 Å². The van der Waals surface area contributed by atoms with Gasteiger partial charge in [-0.3, -0.25) is 9.89 Å². The number of nitrogens with one attached hydrogen (secondary N) is 1. The molecule has 3 rings (SSSR count). The second-order valence-electron chi connectivity index (χ2n) is 5.08. The molecule has 0 radical (unpaired) electrons. The minimum atomic E-state index is -1.01. The van der Waals surface area contributed by atoms with Gasteiger partial charge in [0.1, 0.15) is 6.04 Å². The number of aromatic amines is 1. The summed E-state index contributed by atoms with van der Waals surface area (Å²) in [7, 11) is 1.52. The Morgan fingerprint density at radius 2 is 2.29 bits per heavy atom. The van der Waals surface area contributed by atoms with Gasteiger partial charge in [0.15, 0.2) is 0 Å². The molecule has 1 fully saturated rings. The van der Waals surface area contributed by atoms with Crippen LogP contribution in [0.5, 0.6) is 0 Å². The lowest BCUT2D eigenvalue weighted by molar-refractivity contribution is -0.141. The van der Waals surface area contributed by atoms with Crippen LogP contribution >= 0.6 is 0 Å². The predicted octanol–water partition coefficient (Wildman–Crippen LogP) is 0.877. The normalized spacial score (nSPS) is 21.9. The Morgan fingerprint density at radius 1 is 1.48 bits per heavy atom. The number of fused-ring (bicyclic) bond motifs is 1. The number of likely N-dealkylation sites (tertiary alicyclic amines) is 1. The highest BCUT2D eigenvalue weighted by atomic mass is 16.5. The number of ether oxygens (including phenoxy) is 1. The third-order valence-electron chi connectivity index (χ3n) is 3.83. The highest BCUT2D eigenvalue weighted by Gasteiger charge is 2.40. The number of carboxylic acid groups (broad SMARTS) is 1. The average Bonchev–Trinajstić information content (AvgIpc) is 3.11. The number of hydrogen-bond donors (Lipinski definition) is 2. The van der Waals surface area contributed by atoms with Crippen LogP contribution in [0.15, 0.2) is 24.4 Å². The van der Waals surface area contributed by atoms with Gasteiger partial charge in [0, 0.05) is 31.0 Å². The number of rotatable bonds is 3. The van der Waals surface area contributed by atoms with E-state index in [9.17, 15) is 14.7 Å². The Hall–Kier alpha value is -2.41. The third kappa shape index (κ3) is 2.36. The zero-order valence-corrected chi connectivity index (χ0v) is 11.4. The Balaban J connectivity index is 1.90. The molecule has 2 aromatic rings. The first kappa shape index (κ1) is 13.6. The Morgan fingerprint density at radius 3 is 3.00 bits per heavy atom. The van der Waals surface area contributed by atoms with Crippen LogP contribution in [0.2, 0.25) is 0 Å². The molecule has 110 valence electrons. The number of carbonyl (C=O) groups is 2. The molecule has 1 aliphatic heterocycles. The quantitative estimate of drug-likeness (QED) is 0.874. The minimum absolute atomic E-state index is 0.245. The highest BCUT2D eigenvalue weighted by molar-refractivity contribution is 5.99. The van der Waals surface area contributed by atoms with Crippen molar-refractivity contribution in [2.45, 2.75) is 18.6 Å². The van der Waals surface area contributed by atoms with E-state index in [1.54, 1.807) is 24.4 Å². The zero-order valence-electron chi connectivity index (χ0n) is 11.4. The zero-order chi connectivity index (χ0) is 15.0. The number of carboxylic acids is 1. The Kier molecular flexibility index (Phi) is 3.34. The molecule has 0 aliphatic carbocycles. The molecule has 1 aromatic carbocycles. The SMILES string of the molecule is CO[C@@H]1C[C@H](C(=O)O)N(C(=O)c2ccc3cn[nH]c3c2)C1. The molecule has 2 heterocycles. The molecule has 7 nitrogen and oxygen atoms in total. The maximum atomic E-state index is 12.6. The van der Waals surface area contributed by atoms with Crippen LogP contribution in [0, 0.1) is 0 Å². The molecule has 0 saturated carbocycles. The van der Waals surface area contributed by atoms with Gasteiger partial charge in [-0.2, -0.15) is 5.10 Å². The summed E-state index contributed by atoms with van der Waals surface area (Å²) in [5.74, 6) is -1.32. The average molecular weight is 289 g/mol. The maximum Gasteiger partial charge on any atom is 0.326 e. The van der Waals surface area contributed by atoms with E-state index in [-0.39, 0.29) is 18.6 Å². The van der Waals surface area contributed by atoms with Crippen molar-refractivity contribution in [3.8, 4) is 0 Å². The second kappa shape index (κ2) is 5.17. The number of aliphatic carboxylic acids is 1. The number of benzene rings is 1. The van der Waals surface area contributed by atoms with Crippen LogP contribution in [0.4, 0.5) is 0 Å². The molecule has 1 aromatic heterocycles. The number of hydrogen-bond acceptors (Lipinski definition) is 4. The van der Waals surface area contributed by atoms with Gasteiger partial charge in [0.2, 0.25) is 0 Å². The van der Waals surface area contributed by atoms with Crippen LogP contribution in [0.25, 0.3) is 10.9 Å². The first-order valence-corrected chi connectivity index (χ1v) is 6.60. The van der Waals surface area contributed by atoms with E-state index < -0.39 is 12.0 Å². The van der Waals surface area contributed by atoms with Crippen LogP contribution < -0.4 is 0 Å². The van der Waals surface area contributed by atoms with Gasteiger partial charge in [-0.1, -0.05) is 6.07 Å². The molecule has 7 heteroatoms. The number of carbonyl (C=O) groups excluding carboxylic acids is 1. The van der Waals surface area contributed by atoms with E-state index in [2.05, 4.69) is 10.2 Å². The summed E-state index contributed by atoms with van der Waals surface area (Å²) in [5, 5.41) is 16.9. The van der Waals surface area contributed by atoms with Gasteiger partial charge in [-0.25, -0.2) is 4.79 Å². The van der Waals surface area contributed by atoms with Crippen molar-refractivity contribution in [2.75, 3.05) is 13.7 Å². The van der Waals surface area contributed by atoms with E-state index >= 15 is 0 Å². The topological polar surface area (TPSA) is 95.5 Å². The first-order chi connectivity index (χ1) is 10.1. The van der Waals surface area contributed by atoms with E-state index in [0.29, 0.717) is 12.0 Å². The molecule has 1 aliphatic rings. The van der Waals surface area contributed by atoms with Crippen molar-refractivity contribution < 1.29 is 19.4 Å². The molecule has 0 unspecified atom stereocenters. The number of amides is 1. The molecule has 1 saturated heterocycles. The minimum Gasteiger partial charge on any atom is -0.480 e. The molecule has 21 heavy (non-hydrogen) atoms. The largest absolute Gasteiger partial charge is 0.480 e. The van der Waals surface area contributed by atoms with Crippen LogP contribution in [0.1, 0.15) is 16.8 Å². The standard InChI is InChI=1S/C14H15N3O4/c1-21-10-5-12(14(19)20)17(7-10)13(18)8-2-3-9-6-15-16-11(9)4-8/h2-4,6,10,12H,5,7H2,1H3,(H,15,16)(H,19,20)/t10-,12-/m1/s1. The highest BCUT2D eigenvalue weighted by Crippen LogP contribution is 2.23. The number of methoxy groups -OCH3 is 1. The lowest BCUT2D eigenvalue weighted by atomic mass is 10.1. The van der Waals surface area contributed by atoms with Gasteiger partial charge >= 0.3 is 5.97 Å². The third-order valence-corrected chi connectivity index (χ3v) is 3.83. The molecule has 2 N–H and O–H groups in total. The molecule has 2 atom stereocenters. The predicted molar refractivity (Wildman–Crippen MR) is 74.0 cm³/mol. The summed E-state index contributed by atoms with van der Waals surface area (Å²) < 4.78 is 5.19. The summed E-state index contributed by atoms with van der Waals surface area (Å²) >= 11 is 0. The van der Waals surface area contributed by atoms with Gasteiger partial charge < -0.3 is 14.7 Å². The van der Waals surface area contributed by atoms with Crippen molar-refractivity contribution in [1.82, 2.24) is 15.1 Å². The van der Waals surface area contributed by atoms with Crippen LogP contribution in [-0.4, -0.2) is 57.9 Å². The first-order valence-electron chi connectivity index (χ1n) is 6.60. The van der Waals surface area contributed by atoms with E-state index in [0.717, 1.165) is 10.9 Å². The summed E-state index contributed by atoms with van der Waals surface area (Å²) in [5.41, 5.74) is 1.19. The van der Waals surface area contributed by atoms with Gasteiger partial charge in [0.05, 0.1) is 17.8 Å². The maximum absolute atomic E-state index is 12.6. The van der Waals surface area contributed by atoms with Crippen LogP contribution in [0.3, 0.4) is 0 Å². The smallest absolute Gasteiger partial charge is 0.326 e. The Labute approximate surface area is 120 Å². The summed E-state index contributed by atoms with van der Waals surface area (Å²) in [6, 6.07) is 4.30. The van der Waals surface area contributed by atoms with Crippen LogP contribution in [-0.2, 0) is 9.53 Å². The monoisotopic (exact) mass is 289 g/mol. The summed E-state index contributed by atoms with van der Waals surface area (Å²) in [4.78, 5) is 25.2. The number of H-pyrrole nitrogens is 1. The molecule has 0 bridgehead atoms. The van der Waals surface area contributed by atoms with E-state index in [4.69, 9.17) is 4.74 Å². The summed E-state index contributed by atoms with van der Waals surface area (Å²) in [6.07, 6.45) is 1.73. The lowest BCUT2D eigenvalue weighted by Crippen LogP contribution is -2.40. The van der Waals surface area contributed by atoms with Crippen molar-refractivity contribution in [1.29, 1.82) is 0 Å². The van der Waals surface area contributed by atoms with Crippen molar-refractivity contribution in [3.63, 3.8) is 0 Å². The van der Waals surface area contributed by atoms with Crippen molar-refractivity contribution >= 4 is 22.8 Å². The second-order valence-corrected chi connectivity index (χ2v) is 5.08. The molecular weight excluding hydrogens is 274 g/mol. The molecule has 0 spiro atoms. The number of aromatic nitrogens is 2. The van der Waals surface area contributed by atoms with Gasteiger partial charge in [-0.15, -0.1) is 0 Å². The fourth-order valence-corrected chi connectivity index (χ4v) is 2.66. The molecular formula is C14H15N3O4. The Bertz CT molecular complexity index is 696. The fourth-order valence-electron chi connectivity index (χ4n) is 2.66. The summed E-state index contributed by atoms with van der Waals surface area (Å²) in [6.45, 7) is 0.285. The van der Waals surface area contributed by atoms with E-state index in [1.165, 1.54) is 12.0 Å². The fraction of sp³-hybridized carbons (Fsp3) is 0.357. The van der Waals surface area contributed by atoms with Crippen molar-refractivity contribution in [2.24, 2.45) is 0 Å². The molecule has 1 amide bonds. The van der Waals surface area contributed by atoms with Gasteiger partial charge in [-0.05, 0) is 12.1 Å². The van der Waals surface area contributed by atoms with E-state index in [1.807, 2.05) is 0 Å². The lowest BCUT2D eigenvalue weighted by Gasteiger charge is -2.21. The van der Waals surface area contributed by atoms with Crippen molar-refractivity contribution in [3.05, 3.63) is 30.0 Å². The number of nitrogens with zero attached hydrogens (tertiary/aromatic N) is 2.